The molecule has 6 nitrogen and oxygen atoms in total. The topological polar surface area (TPSA) is 78.9 Å². The van der Waals surface area contributed by atoms with Crippen molar-refractivity contribution in [2.75, 3.05) is 13.2 Å². The Morgan fingerprint density at radius 3 is 0.783 bits per heavy atom. The minimum Gasteiger partial charge on any atom is -0.462 e. The van der Waals surface area contributed by atoms with Gasteiger partial charge in [-0.3, -0.25) is 14.4 Å². The van der Waals surface area contributed by atoms with Crippen molar-refractivity contribution in [3.63, 3.8) is 0 Å². The predicted molar refractivity (Wildman–Crippen MR) is 361 cm³/mol. The van der Waals surface area contributed by atoms with Gasteiger partial charge in [-0.25, -0.2) is 0 Å². The van der Waals surface area contributed by atoms with E-state index in [0.29, 0.717) is 6.42 Å². The molecular weight excluding hydrogens is 1020 g/mol. The lowest BCUT2D eigenvalue weighted by atomic mass is 10.0. The van der Waals surface area contributed by atoms with E-state index in [0.717, 1.165) is 148 Å². The van der Waals surface area contributed by atoms with Gasteiger partial charge in [-0.05, 0) is 135 Å². The Morgan fingerprint density at radius 1 is 0.253 bits per heavy atom. The van der Waals surface area contributed by atoms with Crippen LogP contribution in [0.5, 0.6) is 0 Å². The number of unbranched alkanes of at least 4 members (excludes halogenated alkanes) is 18. The quantitative estimate of drug-likeness (QED) is 0.0261. The third-order valence-electron chi connectivity index (χ3n) is 13.4. The Bertz CT molecular complexity index is 1940. The van der Waals surface area contributed by atoms with Crippen molar-refractivity contribution >= 4 is 17.9 Å². The fourth-order valence-corrected chi connectivity index (χ4v) is 8.57. The fraction of sp³-hybridized carbons (Fsp3) is 0.571. The van der Waals surface area contributed by atoms with Crippen LogP contribution in [0.4, 0.5) is 0 Å². The molecule has 0 amide bonds. The molecule has 0 bridgehead atoms. The van der Waals surface area contributed by atoms with E-state index >= 15 is 0 Å². The number of carbonyl (C=O) groups excluding carboxylic acids is 3. The summed E-state index contributed by atoms with van der Waals surface area (Å²) in [6, 6.07) is 0. The zero-order valence-electron chi connectivity index (χ0n) is 53.1. The van der Waals surface area contributed by atoms with Gasteiger partial charge < -0.3 is 14.2 Å². The minimum absolute atomic E-state index is 0.115. The fourth-order valence-electron chi connectivity index (χ4n) is 8.57. The molecule has 0 aliphatic heterocycles. The lowest BCUT2D eigenvalue weighted by molar-refractivity contribution is -0.166. The molecule has 0 fully saturated rings. The van der Waals surface area contributed by atoms with Crippen LogP contribution < -0.4 is 0 Å². The van der Waals surface area contributed by atoms with Gasteiger partial charge in [0.15, 0.2) is 6.10 Å². The Hall–Kier alpha value is -5.49. The van der Waals surface area contributed by atoms with Crippen LogP contribution in [0.3, 0.4) is 0 Å². The summed E-state index contributed by atoms with van der Waals surface area (Å²) in [6.07, 6.45) is 104. The molecule has 0 rings (SSSR count). The molecule has 0 saturated heterocycles. The van der Waals surface area contributed by atoms with E-state index in [4.69, 9.17) is 14.2 Å². The molecule has 0 heterocycles. The van der Waals surface area contributed by atoms with E-state index in [9.17, 15) is 14.4 Å². The van der Waals surface area contributed by atoms with Crippen molar-refractivity contribution in [1.82, 2.24) is 0 Å². The van der Waals surface area contributed by atoms with E-state index in [1.807, 2.05) is 6.08 Å². The van der Waals surface area contributed by atoms with Gasteiger partial charge >= 0.3 is 17.9 Å². The van der Waals surface area contributed by atoms with Crippen molar-refractivity contribution in [3.8, 4) is 0 Å². The highest BCUT2D eigenvalue weighted by molar-refractivity contribution is 5.72. The average Bonchev–Trinajstić information content (AvgIpc) is 3.49. The van der Waals surface area contributed by atoms with E-state index < -0.39 is 12.1 Å². The molecule has 0 aliphatic rings. The maximum atomic E-state index is 12.9. The summed E-state index contributed by atoms with van der Waals surface area (Å²) in [4.78, 5) is 38.3. The lowest BCUT2D eigenvalue weighted by Gasteiger charge is -2.18. The number of carbonyl (C=O) groups is 3. The zero-order valence-corrected chi connectivity index (χ0v) is 53.1. The number of esters is 3. The van der Waals surface area contributed by atoms with Gasteiger partial charge in [-0.1, -0.05) is 293 Å². The molecule has 6 heteroatoms. The van der Waals surface area contributed by atoms with Gasteiger partial charge in [-0.15, -0.1) is 0 Å². The molecule has 464 valence electrons. The Morgan fingerprint density at radius 2 is 0.482 bits per heavy atom. The number of hydrogen-bond donors (Lipinski definition) is 0. The summed E-state index contributed by atoms with van der Waals surface area (Å²) in [5.74, 6) is -1.07. The molecule has 0 spiro atoms. The molecule has 1 unspecified atom stereocenters. The van der Waals surface area contributed by atoms with Crippen LogP contribution in [-0.4, -0.2) is 37.2 Å². The average molecular weight is 1140 g/mol. The Labute approximate surface area is 510 Å². The maximum absolute atomic E-state index is 12.9. The van der Waals surface area contributed by atoms with E-state index in [2.05, 4.69) is 191 Å². The van der Waals surface area contributed by atoms with Gasteiger partial charge in [0.1, 0.15) is 13.2 Å². The maximum Gasteiger partial charge on any atom is 0.309 e. The molecule has 0 aromatic heterocycles. The molecule has 0 radical (unpaired) electrons. The third kappa shape index (κ3) is 67.2. The summed E-state index contributed by atoms with van der Waals surface area (Å²) in [5, 5.41) is 0. The molecular formula is C77H120O6. The highest BCUT2D eigenvalue weighted by Gasteiger charge is 2.19. The van der Waals surface area contributed by atoms with Crippen molar-refractivity contribution in [2.45, 2.75) is 271 Å². The molecule has 0 aromatic rings. The van der Waals surface area contributed by atoms with Crippen LogP contribution in [0.1, 0.15) is 265 Å². The van der Waals surface area contributed by atoms with E-state index in [1.165, 1.54) is 77.0 Å². The summed E-state index contributed by atoms with van der Waals surface area (Å²) in [7, 11) is 0. The SMILES string of the molecule is CC/C=C\C/C=C\C/C=C\C/C=C\C/C=C\CCCCCCCCCCCCCC(=O)OCC(COC(=O)C/C=C\C/C=C\C/C=C\C/C=C\C/C=C\CC)OC(=O)CCCCCCCCC/C=C\C/C=C\C/C=C\C/C=C\C/C=C\CC. The standard InChI is InChI=1S/C77H120O6/c1-4-7-10-13-16-19-22-25-28-30-32-34-36-37-38-39-41-42-44-46-49-52-55-58-61-64-67-70-76(79)82-73-74(72-81-75(78)69-66-63-60-57-54-51-48-27-24-21-18-15-12-9-6-3)83-77(80)71-68-65-62-59-56-53-50-47-45-43-40-35-33-31-29-26-23-20-17-14-11-8-5-2/h7-12,16-21,25-29,32-35,37-38,43,45,48,54,57,63,66,74H,4-6,13-15,22-24,30-31,36,39-42,44,46-47,49-53,55-56,58-62,64-65,67-73H2,1-3H3/b10-7-,11-8-,12-9-,19-16-,20-17-,21-18-,28-25-,29-26-,34-32-,35-33-,38-37-,45-43-,48-27-,57-54-,66-63-. The first kappa shape index (κ1) is 77.5. The highest BCUT2D eigenvalue weighted by Crippen LogP contribution is 2.15. The van der Waals surface area contributed by atoms with E-state index in [-0.39, 0.29) is 38.0 Å². The van der Waals surface area contributed by atoms with Gasteiger partial charge in [0, 0.05) is 12.8 Å². The zero-order chi connectivity index (χ0) is 59.9. The number of ether oxygens (including phenoxy) is 3. The van der Waals surface area contributed by atoms with Gasteiger partial charge in [-0.2, -0.15) is 0 Å². The van der Waals surface area contributed by atoms with Crippen molar-refractivity contribution < 1.29 is 28.6 Å². The van der Waals surface area contributed by atoms with Crippen molar-refractivity contribution in [2.24, 2.45) is 0 Å². The summed E-state index contributed by atoms with van der Waals surface area (Å²) >= 11 is 0. The van der Waals surface area contributed by atoms with Crippen molar-refractivity contribution in [3.05, 3.63) is 182 Å². The smallest absolute Gasteiger partial charge is 0.309 e. The molecule has 0 aliphatic carbocycles. The largest absolute Gasteiger partial charge is 0.462 e. The minimum atomic E-state index is -0.837. The second kappa shape index (κ2) is 69.0. The third-order valence-corrected chi connectivity index (χ3v) is 13.4. The molecule has 0 N–H and O–H groups in total. The first-order chi connectivity index (χ1) is 41.0. The predicted octanol–water partition coefficient (Wildman–Crippen LogP) is 23.2. The van der Waals surface area contributed by atoms with Crippen LogP contribution in [0.25, 0.3) is 0 Å². The van der Waals surface area contributed by atoms with Gasteiger partial charge in [0.2, 0.25) is 0 Å². The monoisotopic (exact) mass is 1140 g/mol. The normalized spacial score (nSPS) is 13.3. The molecule has 1 atom stereocenters. The second-order valence-corrected chi connectivity index (χ2v) is 21.2. The first-order valence-corrected chi connectivity index (χ1v) is 33.3. The number of hydrogen-bond acceptors (Lipinski definition) is 6. The van der Waals surface area contributed by atoms with E-state index in [1.54, 1.807) is 6.08 Å². The van der Waals surface area contributed by atoms with Gasteiger partial charge in [0.05, 0.1) is 6.42 Å². The highest BCUT2D eigenvalue weighted by atomic mass is 16.6. The molecule has 0 saturated carbocycles. The number of allylic oxidation sites excluding steroid dienone is 29. The van der Waals surface area contributed by atoms with Crippen LogP contribution in [0, 0.1) is 0 Å². The van der Waals surface area contributed by atoms with Crippen LogP contribution in [0.2, 0.25) is 0 Å². The Balaban J connectivity index is 4.46. The summed E-state index contributed by atoms with van der Waals surface area (Å²) < 4.78 is 16.8. The van der Waals surface area contributed by atoms with Crippen LogP contribution in [0.15, 0.2) is 182 Å². The Kier molecular flexibility index (Phi) is 64.4. The van der Waals surface area contributed by atoms with Crippen molar-refractivity contribution in [1.29, 1.82) is 0 Å². The lowest BCUT2D eigenvalue weighted by Crippen LogP contribution is -2.30. The second-order valence-electron chi connectivity index (χ2n) is 21.2. The summed E-state index contributed by atoms with van der Waals surface area (Å²) in [5.41, 5.74) is 0. The summed E-state index contributed by atoms with van der Waals surface area (Å²) in [6.45, 7) is 6.20. The first-order valence-electron chi connectivity index (χ1n) is 33.3. The molecule has 0 aromatic carbocycles. The van der Waals surface area contributed by atoms with Crippen LogP contribution in [-0.2, 0) is 28.6 Å². The van der Waals surface area contributed by atoms with Crippen LogP contribution >= 0.6 is 0 Å². The van der Waals surface area contributed by atoms with Gasteiger partial charge in [0.25, 0.3) is 0 Å². The number of rotatable bonds is 58. The molecule has 83 heavy (non-hydrogen) atoms.